The molecular formula is C18H23N3. The third-order valence-corrected chi connectivity index (χ3v) is 4.28. The highest BCUT2D eigenvalue weighted by Crippen LogP contribution is 2.20. The van der Waals surface area contributed by atoms with Crippen LogP contribution in [0.15, 0.2) is 54.7 Å². The minimum Gasteiger partial charge on any atom is -0.311 e. The fourth-order valence-electron chi connectivity index (χ4n) is 3.05. The number of nitrogens with zero attached hydrogens (tertiary/aromatic N) is 2. The molecule has 0 saturated carbocycles. The maximum atomic E-state index is 4.50. The molecule has 0 amide bonds. The van der Waals surface area contributed by atoms with Gasteiger partial charge in [-0.15, -0.1) is 0 Å². The number of aromatic nitrogens is 1. The van der Waals surface area contributed by atoms with Gasteiger partial charge in [-0.25, -0.2) is 0 Å². The summed E-state index contributed by atoms with van der Waals surface area (Å²) in [7, 11) is 0. The molecule has 1 N–H and O–H groups in total. The summed E-state index contributed by atoms with van der Waals surface area (Å²) in [6.45, 7) is 5.47. The monoisotopic (exact) mass is 281 g/mol. The van der Waals surface area contributed by atoms with Crippen LogP contribution in [0.25, 0.3) is 0 Å². The minimum atomic E-state index is 0.381. The molecule has 3 nitrogen and oxygen atoms in total. The lowest BCUT2D eigenvalue weighted by Gasteiger charge is -2.37. The van der Waals surface area contributed by atoms with Gasteiger partial charge in [0, 0.05) is 37.9 Å². The molecule has 1 fully saturated rings. The van der Waals surface area contributed by atoms with Crippen molar-refractivity contribution in [3.63, 3.8) is 0 Å². The van der Waals surface area contributed by atoms with E-state index < -0.39 is 0 Å². The first kappa shape index (κ1) is 14.2. The predicted octanol–water partition coefficient (Wildman–Crippen LogP) is 2.66. The maximum absolute atomic E-state index is 4.50. The van der Waals surface area contributed by atoms with Crippen LogP contribution in [-0.2, 0) is 6.42 Å². The molecule has 1 aliphatic rings. The number of rotatable bonds is 4. The molecule has 0 spiro atoms. The molecular weight excluding hydrogens is 258 g/mol. The number of nitrogens with one attached hydrogen (secondary N) is 1. The van der Waals surface area contributed by atoms with E-state index >= 15 is 0 Å². The number of piperazine rings is 1. The zero-order valence-electron chi connectivity index (χ0n) is 12.6. The van der Waals surface area contributed by atoms with E-state index in [9.17, 15) is 0 Å². The van der Waals surface area contributed by atoms with Crippen molar-refractivity contribution in [2.24, 2.45) is 0 Å². The van der Waals surface area contributed by atoms with Crippen molar-refractivity contribution < 1.29 is 0 Å². The number of pyridine rings is 1. The zero-order chi connectivity index (χ0) is 14.5. The molecule has 0 radical (unpaired) electrons. The Hall–Kier alpha value is -1.71. The van der Waals surface area contributed by atoms with E-state index in [0.29, 0.717) is 12.1 Å². The van der Waals surface area contributed by atoms with Gasteiger partial charge in [0.1, 0.15) is 0 Å². The summed E-state index contributed by atoms with van der Waals surface area (Å²) in [6, 6.07) is 17.8. The lowest BCUT2D eigenvalue weighted by molar-refractivity contribution is 0.150. The predicted molar refractivity (Wildman–Crippen MR) is 86.2 cm³/mol. The molecule has 2 unspecified atom stereocenters. The molecule has 1 aliphatic heterocycles. The summed E-state index contributed by atoms with van der Waals surface area (Å²) in [5.41, 5.74) is 2.57. The fraction of sp³-hybridized carbons (Fsp3) is 0.389. The molecule has 1 aromatic carbocycles. The van der Waals surface area contributed by atoms with E-state index in [-0.39, 0.29) is 0 Å². The van der Waals surface area contributed by atoms with Gasteiger partial charge in [-0.3, -0.25) is 9.88 Å². The number of hydrogen-bond donors (Lipinski definition) is 1. The lowest BCUT2D eigenvalue weighted by Crippen LogP contribution is -2.52. The van der Waals surface area contributed by atoms with Crippen molar-refractivity contribution in [2.75, 3.05) is 19.6 Å². The van der Waals surface area contributed by atoms with Gasteiger partial charge in [-0.05, 0) is 31.0 Å². The molecule has 2 atom stereocenters. The molecule has 3 rings (SSSR count). The van der Waals surface area contributed by atoms with Crippen LogP contribution in [0, 0.1) is 0 Å². The van der Waals surface area contributed by atoms with Gasteiger partial charge >= 0.3 is 0 Å². The summed E-state index contributed by atoms with van der Waals surface area (Å²) >= 11 is 0. The SMILES string of the molecule is CC(c1ccccn1)N1CCNC(Cc2ccccc2)C1. The van der Waals surface area contributed by atoms with Crippen LogP contribution < -0.4 is 5.32 Å². The largest absolute Gasteiger partial charge is 0.311 e. The summed E-state index contributed by atoms with van der Waals surface area (Å²) in [6.07, 6.45) is 2.97. The van der Waals surface area contributed by atoms with Crippen LogP contribution in [0.4, 0.5) is 0 Å². The highest BCUT2D eigenvalue weighted by atomic mass is 15.2. The van der Waals surface area contributed by atoms with Crippen molar-refractivity contribution in [1.82, 2.24) is 15.2 Å². The Kier molecular flexibility index (Phi) is 4.63. The molecule has 1 aromatic heterocycles. The van der Waals surface area contributed by atoms with Crippen molar-refractivity contribution in [1.29, 1.82) is 0 Å². The summed E-state index contributed by atoms with van der Waals surface area (Å²) in [5, 5.41) is 3.64. The standard InChI is InChI=1S/C18H23N3/c1-15(18-9-5-6-10-20-18)21-12-11-19-17(14-21)13-16-7-3-2-4-8-16/h2-10,15,17,19H,11-14H2,1H3. The first-order valence-corrected chi connectivity index (χ1v) is 7.75. The smallest absolute Gasteiger partial charge is 0.0572 e. The van der Waals surface area contributed by atoms with Crippen LogP contribution in [0.3, 0.4) is 0 Å². The van der Waals surface area contributed by atoms with Gasteiger partial charge in [-0.1, -0.05) is 36.4 Å². The third-order valence-electron chi connectivity index (χ3n) is 4.28. The topological polar surface area (TPSA) is 28.2 Å². The highest BCUT2D eigenvalue weighted by molar-refractivity contribution is 5.16. The van der Waals surface area contributed by atoms with Gasteiger partial charge in [0.25, 0.3) is 0 Å². The van der Waals surface area contributed by atoms with Gasteiger partial charge in [0.2, 0.25) is 0 Å². The summed E-state index contributed by atoms with van der Waals surface area (Å²) < 4.78 is 0. The average Bonchev–Trinajstić information content (AvgIpc) is 2.56. The molecule has 21 heavy (non-hydrogen) atoms. The van der Waals surface area contributed by atoms with E-state index in [4.69, 9.17) is 0 Å². The molecule has 0 bridgehead atoms. The zero-order valence-corrected chi connectivity index (χ0v) is 12.6. The first-order chi connectivity index (χ1) is 10.3. The van der Waals surface area contributed by atoms with Gasteiger partial charge in [0.15, 0.2) is 0 Å². The molecule has 0 aliphatic carbocycles. The van der Waals surface area contributed by atoms with Gasteiger partial charge in [-0.2, -0.15) is 0 Å². The Bertz CT molecular complexity index is 541. The van der Waals surface area contributed by atoms with E-state index in [2.05, 4.69) is 64.6 Å². The number of hydrogen-bond acceptors (Lipinski definition) is 3. The van der Waals surface area contributed by atoms with Crippen molar-refractivity contribution in [2.45, 2.75) is 25.4 Å². The van der Waals surface area contributed by atoms with Crippen molar-refractivity contribution in [3.8, 4) is 0 Å². The van der Waals surface area contributed by atoms with E-state index in [1.54, 1.807) is 0 Å². The second kappa shape index (κ2) is 6.83. The van der Waals surface area contributed by atoms with Crippen LogP contribution >= 0.6 is 0 Å². The summed E-state index contributed by atoms with van der Waals surface area (Å²) in [4.78, 5) is 7.03. The Morgan fingerprint density at radius 1 is 1.19 bits per heavy atom. The van der Waals surface area contributed by atoms with Crippen molar-refractivity contribution in [3.05, 3.63) is 66.0 Å². The fourth-order valence-corrected chi connectivity index (χ4v) is 3.05. The van der Waals surface area contributed by atoms with E-state index in [0.717, 1.165) is 31.7 Å². The maximum Gasteiger partial charge on any atom is 0.0572 e. The molecule has 2 aromatic rings. The van der Waals surface area contributed by atoms with Gasteiger partial charge in [0.05, 0.1) is 5.69 Å². The Labute approximate surface area is 127 Å². The summed E-state index contributed by atoms with van der Waals surface area (Å²) in [5.74, 6) is 0. The van der Waals surface area contributed by atoms with Gasteiger partial charge < -0.3 is 5.32 Å². The average molecular weight is 281 g/mol. The minimum absolute atomic E-state index is 0.381. The lowest BCUT2D eigenvalue weighted by atomic mass is 10.0. The highest BCUT2D eigenvalue weighted by Gasteiger charge is 2.24. The molecule has 3 heteroatoms. The number of benzene rings is 1. The normalized spacial score (nSPS) is 21.1. The molecule has 1 saturated heterocycles. The Morgan fingerprint density at radius 3 is 2.76 bits per heavy atom. The van der Waals surface area contributed by atoms with Crippen LogP contribution in [0.1, 0.15) is 24.2 Å². The van der Waals surface area contributed by atoms with E-state index in [1.165, 1.54) is 5.56 Å². The molecule has 2 heterocycles. The van der Waals surface area contributed by atoms with Crippen LogP contribution in [0.5, 0.6) is 0 Å². The second-order valence-corrected chi connectivity index (χ2v) is 5.77. The van der Waals surface area contributed by atoms with Crippen molar-refractivity contribution >= 4 is 0 Å². The first-order valence-electron chi connectivity index (χ1n) is 7.75. The Balaban J connectivity index is 1.63. The van der Waals surface area contributed by atoms with E-state index in [1.807, 2.05) is 12.3 Å². The van der Waals surface area contributed by atoms with Crippen LogP contribution in [0.2, 0.25) is 0 Å². The molecule has 110 valence electrons. The van der Waals surface area contributed by atoms with Crippen LogP contribution in [-0.4, -0.2) is 35.6 Å². The third kappa shape index (κ3) is 3.69. The quantitative estimate of drug-likeness (QED) is 0.934. The second-order valence-electron chi connectivity index (χ2n) is 5.77. The Morgan fingerprint density at radius 2 is 2.00 bits per heavy atom.